The van der Waals surface area contributed by atoms with Crippen LogP contribution in [0.2, 0.25) is 18.1 Å². The highest BCUT2D eigenvalue weighted by molar-refractivity contribution is 6.74. The van der Waals surface area contributed by atoms with Crippen molar-refractivity contribution in [1.82, 2.24) is 14.8 Å². The van der Waals surface area contributed by atoms with Gasteiger partial charge in [-0.2, -0.15) is 0 Å². The first-order valence-corrected chi connectivity index (χ1v) is 19.9. The van der Waals surface area contributed by atoms with E-state index in [2.05, 4.69) is 74.4 Å². The van der Waals surface area contributed by atoms with Gasteiger partial charge < -0.3 is 14.5 Å². The molecule has 248 valence electrons. The quantitative estimate of drug-likeness (QED) is 0.210. The largest absolute Gasteiger partial charge is 0.544 e. The van der Waals surface area contributed by atoms with Crippen LogP contribution in [0, 0.1) is 0 Å². The molecule has 6 rings (SSSR count). The smallest absolute Gasteiger partial charge is 0.419 e. The van der Waals surface area contributed by atoms with Crippen molar-refractivity contribution in [3.8, 4) is 28.1 Å². The Balaban J connectivity index is 1.41. The van der Waals surface area contributed by atoms with Crippen LogP contribution in [0.5, 0.6) is 5.75 Å². The Labute approximate surface area is 280 Å². The first-order chi connectivity index (χ1) is 22.1. The Morgan fingerprint density at radius 2 is 1.55 bits per heavy atom. The number of likely N-dealkylation sites (tertiary alicyclic amines) is 1. The number of hydrogen-bond donors (Lipinski definition) is 1. The molecule has 0 spiro atoms. The van der Waals surface area contributed by atoms with Crippen LogP contribution in [0.15, 0.2) is 60.7 Å². The highest BCUT2D eigenvalue weighted by Gasteiger charge is 2.39. The molecule has 1 fully saturated rings. The van der Waals surface area contributed by atoms with Crippen molar-refractivity contribution in [1.29, 1.82) is 0 Å². The van der Waals surface area contributed by atoms with Crippen molar-refractivity contribution in [2.45, 2.75) is 97.6 Å². The Morgan fingerprint density at radius 1 is 0.872 bits per heavy atom. The van der Waals surface area contributed by atoms with E-state index in [1.165, 1.54) is 24.8 Å². The number of rotatable bonds is 6. The molecule has 3 aromatic carbocycles. The molecule has 47 heavy (non-hydrogen) atoms. The van der Waals surface area contributed by atoms with E-state index >= 15 is 0 Å². The average molecular weight is 652 g/mol. The Kier molecular flexibility index (Phi) is 8.64. The predicted molar refractivity (Wildman–Crippen MR) is 193 cm³/mol. The summed E-state index contributed by atoms with van der Waals surface area (Å²) in [4.78, 5) is 29.8. The van der Waals surface area contributed by atoms with E-state index in [0.29, 0.717) is 17.8 Å². The molecule has 1 N–H and O–H groups in total. The minimum absolute atomic E-state index is 0.102. The second-order valence-corrected chi connectivity index (χ2v) is 20.4. The highest BCUT2D eigenvalue weighted by atomic mass is 28.4. The third-order valence-corrected chi connectivity index (χ3v) is 14.2. The van der Waals surface area contributed by atoms with E-state index in [0.717, 1.165) is 58.5 Å². The summed E-state index contributed by atoms with van der Waals surface area (Å²) in [5, 5.41) is 4.11. The van der Waals surface area contributed by atoms with Crippen molar-refractivity contribution < 1.29 is 18.8 Å². The van der Waals surface area contributed by atoms with Crippen molar-refractivity contribution in [3.63, 3.8) is 0 Å². The van der Waals surface area contributed by atoms with Gasteiger partial charge in [-0.3, -0.25) is 9.69 Å². The number of fused-ring (bicyclic) bond motifs is 2. The third kappa shape index (κ3) is 6.76. The lowest BCUT2D eigenvalue weighted by Crippen LogP contribution is -2.43. The molecule has 0 aliphatic carbocycles. The number of carbonyl (C=O) groups is 2. The summed E-state index contributed by atoms with van der Waals surface area (Å²) in [6, 6.07) is 20.6. The maximum Gasteiger partial charge on any atom is 0.419 e. The minimum Gasteiger partial charge on any atom is -0.544 e. The van der Waals surface area contributed by atoms with Crippen molar-refractivity contribution >= 4 is 31.2 Å². The molecule has 3 heterocycles. The van der Waals surface area contributed by atoms with Gasteiger partial charge in [-0.15, -0.1) is 0 Å². The predicted octanol–water partition coefficient (Wildman–Crippen LogP) is 9.37. The lowest BCUT2D eigenvalue weighted by Gasteiger charge is -2.36. The minimum atomic E-state index is -1.97. The van der Waals surface area contributed by atoms with E-state index in [1.807, 2.05) is 51.1 Å². The molecule has 0 bridgehead atoms. The van der Waals surface area contributed by atoms with E-state index in [4.69, 9.17) is 9.16 Å². The average Bonchev–Trinajstić information content (AvgIpc) is 3.57. The van der Waals surface area contributed by atoms with Crippen LogP contribution in [0.3, 0.4) is 0 Å². The van der Waals surface area contributed by atoms with Gasteiger partial charge in [0.05, 0.1) is 16.8 Å². The molecule has 8 heteroatoms. The molecule has 0 atom stereocenters. The molecule has 0 unspecified atom stereocenters. The summed E-state index contributed by atoms with van der Waals surface area (Å²) < 4.78 is 14.1. The number of amides is 1. The first kappa shape index (κ1) is 33.0. The molecule has 2 aliphatic heterocycles. The Morgan fingerprint density at radius 3 is 2.21 bits per heavy atom. The number of benzene rings is 3. The maximum absolute atomic E-state index is 13.8. The molecule has 0 saturated carbocycles. The Bertz CT molecular complexity index is 1820. The number of carbonyl (C=O) groups excluding carboxylic acids is 2. The van der Waals surface area contributed by atoms with Gasteiger partial charge in [-0.05, 0) is 117 Å². The summed E-state index contributed by atoms with van der Waals surface area (Å²) in [5.41, 5.74) is 6.22. The Hall–Kier alpha value is -3.88. The molecular weight excluding hydrogens is 603 g/mol. The fourth-order valence-corrected chi connectivity index (χ4v) is 7.45. The van der Waals surface area contributed by atoms with Gasteiger partial charge in [-0.25, -0.2) is 9.36 Å². The van der Waals surface area contributed by atoms with Gasteiger partial charge in [0.15, 0.2) is 0 Å². The van der Waals surface area contributed by atoms with Gasteiger partial charge in [0.25, 0.3) is 5.91 Å². The van der Waals surface area contributed by atoms with Crippen molar-refractivity contribution in [2.24, 2.45) is 0 Å². The first-order valence-electron chi connectivity index (χ1n) is 17.0. The van der Waals surface area contributed by atoms with E-state index in [-0.39, 0.29) is 10.9 Å². The maximum atomic E-state index is 13.8. The zero-order valence-electron chi connectivity index (χ0n) is 29.3. The van der Waals surface area contributed by atoms with Gasteiger partial charge >= 0.3 is 6.09 Å². The third-order valence-electron chi connectivity index (χ3n) is 9.88. The van der Waals surface area contributed by atoms with Gasteiger partial charge in [-0.1, -0.05) is 57.5 Å². The number of nitrogens with one attached hydrogen (secondary N) is 1. The van der Waals surface area contributed by atoms with Crippen LogP contribution < -0.4 is 9.74 Å². The van der Waals surface area contributed by atoms with Crippen LogP contribution in [-0.2, 0) is 17.8 Å². The molecule has 2 aliphatic rings. The van der Waals surface area contributed by atoms with Crippen LogP contribution in [0.1, 0.15) is 82.3 Å². The molecule has 1 aromatic heterocycles. The van der Waals surface area contributed by atoms with E-state index in [9.17, 15) is 9.59 Å². The van der Waals surface area contributed by atoms with Crippen LogP contribution in [0.25, 0.3) is 33.3 Å². The molecule has 1 amide bonds. The van der Waals surface area contributed by atoms with Gasteiger partial charge in [0.1, 0.15) is 11.4 Å². The molecule has 7 nitrogen and oxygen atoms in total. The molecular formula is C39H49N3O4Si. The molecule has 0 radical (unpaired) electrons. The summed E-state index contributed by atoms with van der Waals surface area (Å²) in [6.45, 7) is 20.3. The number of hydrogen-bond acceptors (Lipinski definition) is 5. The number of nitrogens with zero attached hydrogens (tertiary/aromatic N) is 2. The fraction of sp³-hybridized carbons (Fsp3) is 0.436. The second-order valence-electron chi connectivity index (χ2n) is 15.7. The van der Waals surface area contributed by atoms with E-state index in [1.54, 1.807) is 4.57 Å². The fourth-order valence-electron chi connectivity index (χ4n) is 6.42. The zero-order valence-corrected chi connectivity index (χ0v) is 30.3. The topological polar surface area (TPSA) is 72.8 Å². The lowest BCUT2D eigenvalue weighted by molar-refractivity contribution is 0.0547. The highest BCUT2D eigenvalue weighted by Crippen LogP contribution is 2.41. The number of aromatic nitrogens is 1. The van der Waals surface area contributed by atoms with Crippen LogP contribution in [-0.4, -0.2) is 48.5 Å². The monoisotopic (exact) mass is 651 g/mol. The lowest BCUT2D eigenvalue weighted by atomic mass is 9.92. The standard InChI is InChI=1S/C39H49N3O4Si/c1-38(2,3)45-37(44)42-33-19-12-26(25-41-20-10-9-11-21-41)22-28(33)23-34(42)31-18-17-30(32-24-40-36(43)35(31)32)27-13-15-29(16-14-27)46-47(7,8)39(4,5)6/h12-19,22-23H,9-11,20-21,24-25H2,1-8H3,(H,40,43). The van der Waals surface area contributed by atoms with Crippen molar-refractivity contribution in [3.05, 3.63) is 77.4 Å². The number of piperidine rings is 1. The van der Waals surface area contributed by atoms with Crippen LogP contribution >= 0.6 is 0 Å². The molecule has 4 aromatic rings. The van der Waals surface area contributed by atoms with Crippen molar-refractivity contribution in [2.75, 3.05) is 13.1 Å². The van der Waals surface area contributed by atoms with Crippen LogP contribution in [0.4, 0.5) is 4.79 Å². The summed E-state index contributed by atoms with van der Waals surface area (Å²) in [6.07, 6.45) is 3.31. The zero-order chi connectivity index (χ0) is 33.7. The molecule has 1 saturated heterocycles. The van der Waals surface area contributed by atoms with E-state index < -0.39 is 20.0 Å². The summed E-state index contributed by atoms with van der Waals surface area (Å²) >= 11 is 0. The summed E-state index contributed by atoms with van der Waals surface area (Å²) in [5.74, 6) is 0.728. The SMILES string of the molecule is CC(C)(C)OC(=O)n1c(-c2ccc(-c3ccc(O[Si](C)(C)C(C)(C)C)cc3)c3c2C(=O)NC3)cc2cc(CN3CCCCC3)ccc21. The normalized spacial score (nSPS) is 15.9. The summed E-state index contributed by atoms with van der Waals surface area (Å²) in [7, 11) is -1.97. The van der Waals surface area contributed by atoms with Gasteiger partial charge in [0.2, 0.25) is 8.32 Å². The van der Waals surface area contributed by atoms with Gasteiger partial charge in [0, 0.05) is 24.0 Å². The number of ether oxygens (including phenoxy) is 1. The second kappa shape index (κ2) is 12.3.